The average Bonchev–Trinajstić information content (AvgIpc) is 3.02. The smallest absolute Gasteiger partial charge is 0.319 e. The summed E-state index contributed by atoms with van der Waals surface area (Å²) in [6, 6.07) is 14.5. The van der Waals surface area contributed by atoms with Crippen molar-refractivity contribution in [2.45, 2.75) is 6.54 Å². The van der Waals surface area contributed by atoms with Crippen LogP contribution in [0.15, 0.2) is 54.7 Å². The fraction of sp³-hybridized carbons (Fsp3) is 0.167. The third kappa shape index (κ3) is 3.95. The first kappa shape index (κ1) is 16.5. The van der Waals surface area contributed by atoms with Gasteiger partial charge in [-0.2, -0.15) is 5.10 Å². The van der Waals surface area contributed by atoms with E-state index in [1.807, 2.05) is 43.4 Å². The highest BCUT2D eigenvalue weighted by atomic mass is 16.5. The second-order valence-electron chi connectivity index (χ2n) is 5.37. The van der Waals surface area contributed by atoms with Crippen molar-refractivity contribution in [1.82, 2.24) is 20.1 Å². The van der Waals surface area contributed by atoms with Crippen molar-refractivity contribution < 1.29 is 9.53 Å². The molecule has 0 saturated carbocycles. The van der Waals surface area contributed by atoms with Gasteiger partial charge in [-0.1, -0.05) is 18.2 Å². The van der Waals surface area contributed by atoms with Gasteiger partial charge >= 0.3 is 6.03 Å². The van der Waals surface area contributed by atoms with Gasteiger partial charge < -0.3 is 15.4 Å². The summed E-state index contributed by atoms with van der Waals surface area (Å²) in [6.07, 6.45) is 1.74. The number of pyridine rings is 1. The number of carbonyl (C=O) groups excluding carboxylic acids is 1. The number of ether oxygens (including phenoxy) is 1. The van der Waals surface area contributed by atoms with Crippen LogP contribution in [0.3, 0.4) is 0 Å². The first-order valence-electron chi connectivity index (χ1n) is 7.79. The van der Waals surface area contributed by atoms with Gasteiger partial charge in [-0.25, -0.2) is 4.79 Å². The molecule has 0 radical (unpaired) electrons. The van der Waals surface area contributed by atoms with Gasteiger partial charge in [0.15, 0.2) is 0 Å². The Bertz CT molecular complexity index is 861. The van der Waals surface area contributed by atoms with E-state index in [1.54, 1.807) is 30.1 Å². The van der Waals surface area contributed by atoms with Crippen molar-refractivity contribution in [1.29, 1.82) is 0 Å². The first-order chi connectivity index (χ1) is 12.2. The predicted molar refractivity (Wildman–Crippen MR) is 95.3 cm³/mol. The molecule has 2 amide bonds. The Labute approximate surface area is 145 Å². The molecule has 0 unspecified atom stereocenters. The lowest BCUT2D eigenvalue weighted by Gasteiger charge is -2.10. The number of amides is 2. The van der Waals surface area contributed by atoms with Crippen LogP contribution in [-0.4, -0.2) is 27.9 Å². The number of para-hydroxylation sites is 2. The number of urea groups is 1. The first-order valence-corrected chi connectivity index (χ1v) is 7.79. The lowest BCUT2D eigenvalue weighted by atomic mass is 10.2. The van der Waals surface area contributed by atoms with E-state index in [2.05, 4.69) is 20.7 Å². The molecule has 7 heteroatoms. The standard InChI is InChI=1S/C18H19N5O2/c1-23-16(14-7-5-6-10-19-14)11-13(22-23)12-20-18(24)21-15-8-3-4-9-17(15)25-2/h3-11H,12H2,1-2H3,(H2,20,21,24). The minimum absolute atomic E-state index is 0.307. The molecule has 0 fully saturated rings. The summed E-state index contributed by atoms with van der Waals surface area (Å²) in [5.41, 5.74) is 3.08. The van der Waals surface area contributed by atoms with Crippen LogP contribution in [0, 0.1) is 0 Å². The topological polar surface area (TPSA) is 81.1 Å². The number of nitrogens with zero attached hydrogens (tertiary/aromatic N) is 3. The van der Waals surface area contributed by atoms with Gasteiger partial charge in [-0.3, -0.25) is 9.67 Å². The molecule has 3 rings (SSSR count). The van der Waals surface area contributed by atoms with E-state index in [-0.39, 0.29) is 6.03 Å². The third-order valence-electron chi connectivity index (χ3n) is 3.64. The molecule has 2 N–H and O–H groups in total. The van der Waals surface area contributed by atoms with Crippen molar-refractivity contribution >= 4 is 11.7 Å². The molecule has 0 atom stereocenters. The number of nitrogens with one attached hydrogen (secondary N) is 2. The maximum atomic E-state index is 12.1. The summed E-state index contributed by atoms with van der Waals surface area (Å²) in [5, 5.41) is 9.96. The van der Waals surface area contributed by atoms with Crippen molar-refractivity contribution in [3.8, 4) is 17.1 Å². The quantitative estimate of drug-likeness (QED) is 0.750. The van der Waals surface area contributed by atoms with E-state index in [0.29, 0.717) is 18.0 Å². The fourth-order valence-corrected chi connectivity index (χ4v) is 2.45. The van der Waals surface area contributed by atoms with Crippen molar-refractivity contribution in [2.75, 3.05) is 12.4 Å². The van der Waals surface area contributed by atoms with Gasteiger partial charge in [0.1, 0.15) is 5.75 Å². The number of benzene rings is 1. The second-order valence-corrected chi connectivity index (χ2v) is 5.37. The summed E-state index contributed by atoms with van der Waals surface area (Å²) < 4.78 is 6.96. The number of hydrogen-bond donors (Lipinski definition) is 2. The van der Waals surface area contributed by atoms with E-state index in [0.717, 1.165) is 17.1 Å². The fourth-order valence-electron chi connectivity index (χ4n) is 2.45. The van der Waals surface area contributed by atoms with Crippen LogP contribution >= 0.6 is 0 Å². The number of anilines is 1. The molecule has 2 heterocycles. The van der Waals surface area contributed by atoms with Gasteiger partial charge in [0.2, 0.25) is 0 Å². The highest BCUT2D eigenvalue weighted by molar-refractivity contribution is 5.90. The van der Waals surface area contributed by atoms with E-state index in [1.165, 1.54) is 0 Å². The molecule has 0 aliphatic heterocycles. The zero-order valence-electron chi connectivity index (χ0n) is 14.1. The van der Waals surface area contributed by atoms with E-state index < -0.39 is 0 Å². The number of methoxy groups -OCH3 is 1. The molecular formula is C18H19N5O2. The van der Waals surface area contributed by atoms with E-state index >= 15 is 0 Å². The van der Waals surface area contributed by atoms with Crippen molar-refractivity contribution in [3.63, 3.8) is 0 Å². The largest absolute Gasteiger partial charge is 0.495 e. The van der Waals surface area contributed by atoms with Crippen LogP contribution in [0.4, 0.5) is 10.5 Å². The van der Waals surface area contributed by atoms with Gasteiger partial charge in [0.25, 0.3) is 0 Å². The van der Waals surface area contributed by atoms with Crippen LogP contribution in [-0.2, 0) is 13.6 Å². The Balaban J connectivity index is 1.63. The van der Waals surface area contributed by atoms with Gasteiger partial charge in [0, 0.05) is 13.2 Å². The average molecular weight is 337 g/mol. The summed E-state index contributed by atoms with van der Waals surface area (Å²) >= 11 is 0. The molecule has 7 nitrogen and oxygen atoms in total. The zero-order valence-corrected chi connectivity index (χ0v) is 14.1. The summed E-state index contributed by atoms with van der Waals surface area (Å²) in [6.45, 7) is 0.307. The lowest BCUT2D eigenvalue weighted by Crippen LogP contribution is -2.28. The molecule has 25 heavy (non-hydrogen) atoms. The van der Waals surface area contributed by atoms with E-state index in [4.69, 9.17) is 4.74 Å². The molecule has 1 aromatic carbocycles. The highest BCUT2D eigenvalue weighted by Crippen LogP contribution is 2.22. The molecular weight excluding hydrogens is 318 g/mol. The molecule has 0 saturated heterocycles. The van der Waals surface area contributed by atoms with Crippen LogP contribution in [0.2, 0.25) is 0 Å². The highest BCUT2D eigenvalue weighted by Gasteiger charge is 2.10. The summed E-state index contributed by atoms with van der Waals surface area (Å²) in [7, 11) is 3.41. The number of carbonyl (C=O) groups is 1. The number of aromatic nitrogens is 3. The second kappa shape index (κ2) is 7.48. The number of aryl methyl sites for hydroxylation is 1. The molecule has 128 valence electrons. The minimum atomic E-state index is -0.325. The molecule has 0 aliphatic carbocycles. The van der Waals surface area contributed by atoms with Crippen LogP contribution < -0.4 is 15.4 Å². The van der Waals surface area contributed by atoms with Gasteiger partial charge in [-0.05, 0) is 30.3 Å². The van der Waals surface area contributed by atoms with Gasteiger partial charge in [-0.15, -0.1) is 0 Å². The Hall–Kier alpha value is -3.35. The minimum Gasteiger partial charge on any atom is -0.495 e. The molecule has 0 bridgehead atoms. The van der Waals surface area contributed by atoms with Crippen molar-refractivity contribution in [2.24, 2.45) is 7.05 Å². The molecule has 2 aromatic heterocycles. The monoisotopic (exact) mass is 337 g/mol. The third-order valence-corrected chi connectivity index (χ3v) is 3.64. The summed E-state index contributed by atoms with van der Waals surface area (Å²) in [5.74, 6) is 0.605. The van der Waals surface area contributed by atoms with Crippen LogP contribution in [0.25, 0.3) is 11.4 Å². The Morgan fingerprint density at radius 1 is 1.20 bits per heavy atom. The molecule has 3 aromatic rings. The van der Waals surface area contributed by atoms with Crippen molar-refractivity contribution in [3.05, 3.63) is 60.4 Å². The van der Waals surface area contributed by atoms with Crippen LogP contribution in [0.1, 0.15) is 5.69 Å². The predicted octanol–water partition coefficient (Wildman–Crippen LogP) is 2.81. The number of rotatable bonds is 5. The molecule has 0 aliphatic rings. The lowest BCUT2D eigenvalue weighted by molar-refractivity contribution is 0.251. The Morgan fingerprint density at radius 2 is 2.00 bits per heavy atom. The van der Waals surface area contributed by atoms with Gasteiger partial charge in [0.05, 0.1) is 36.4 Å². The Kier molecular flexibility index (Phi) is 4.94. The van der Waals surface area contributed by atoms with E-state index in [9.17, 15) is 4.79 Å². The maximum Gasteiger partial charge on any atom is 0.319 e. The van der Waals surface area contributed by atoms with Crippen LogP contribution in [0.5, 0.6) is 5.75 Å². The maximum absolute atomic E-state index is 12.1. The summed E-state index contributed by atoms with van der Waals surface area (Å²) in [4.78, 5) is 16.4. The SMILES string of the molecule is COc1ccccc1NC(=O)NCc1cc(-c2ccccn2)n(C)n1. The normalized spacial score (nSPS) is 10.3. The molecule has 0 spiro atoms. The zero-order chi connectivity index (χ0) is 17.6. The number of hydrogen-bond acceptors (Lipinski definition) is 4. The Morgan fingerprint density at radius 3 is 2.76 bits per heavy atom.